The first-order valence-electron chi connectivity index (χ1n) is 6.16. The largest absolute Gasteiger partial charge is 0.477 e. The van der Waals surface area contributed by atoms with Crippen molar-refractivity contribution in [2.75, 3.05) is 0 Å². The summed E-state index contributed by atoms with van der Waals surface area (Å²) in [5.41, 5.74) is 1.25. The summed E-state index contributed by atoms with van der Waals surface area (Å²) >= 11 is 0. The zero-order valence-corrected chi connectivity index (χ0v) is 10.8. The van der Waals surface area contributed by atoms with Crippen LogP contribution in [0, 0.1) is 5.82 Å². The fourth-order valence-electron chi connectivity index (χ4n) is 1.98. The molecule has 3 aromatic rings. The summed E-state index contributed by atoms with van der Waals surface area (Å²) in [4.78, 5) is 15.5. The summed E-state index contributed by atoms with van der Waals surface area (Å²) in [6, 6.07) is 12.3. The number of carboxylic acid groups (broad SMARTS) is 1. The third-order valence-corrected chi connectivity index (χ3v) is 2.91. The molecule has 0 saturated carbocycles. The Morgan fingerprint density at radius 1 is 1.10 bits per heavy atom. The number of carbonyl (C=O) groups is 1. The Bertz CT molecular complexity index is 800. The molecule has 0 saturated heterocycles. The van der Waals surface area contributed by atoms with Gasteiger partial charge in [0.05, 0.1) is 11.4 Å². The number of carboxylic acids is 1. The second kappa shape index (κ2) is 5.16. The van der Waals surface area contributed by atoms with Crippen molar-refractivity contribution < 1.29 is 14.3 Å². The molecule has 0 unspecified atom stereocenters. The van der Waals surface area contributed by atoms with Gasteiger partial charge in [0, 0.05) is 12.3 Å². The SMILES string of the molecule is O=C(O)c1cc(-c2ccccn2)nn1-c1cccc(F)c1. The first-order valence-corrected chi connectivity index (χ1v) is 6.16. The van der Waals surface area contributed by atoms with Gasteiger partial charge >= 0.3 is 5.97 Å². The fourth-order valence-corrected chi connectivity index (χ4v) is 1.98. The Morgan fingerprint density at radius 2 is 1.95 bits per heavy atom. The Morgan fingerprint density at radius 3 is 2.62 bits per heavy atom. The van der Waals surface area contributed by atoms with Gasteiger partial charge in [-0.3, -0.25) is 4.98 Å². The molecule has 0 spiro atoms. The van der Waals surface area contributed by atoms with Crippen molar-refractivity contribution >= 4 is 5.97 Å². The standard InChI is InChI=1S/C15H10FN3O2/c16-10-4-3-5-11(8-10)19-14(15(20)21)9-13(18-19)12-6-1-2-7-17-12/h1-9H,(H,20,21). The average Bonchev–Trinajstić information content (AvgIpc) is 2.93. The van der Waals surface area contributed by atoms with Crippen LogP contribution in [-0.2, 0) is 0 Å². The van der Waals surface area contributed by atoms with Crippen LogP contribution in [0.4, 0.5) is 4.39 Å². The zero-order valence-electron chi connectivity index (χ0n) is 10.8. The lowest BCUT2D eigenvalue weighted by molar-refractivity contribution is 0.0687. The normalized spacial score (nSPS) is 10.5. The second-order valence-corrected chi connectivity index (χ2v) is 4.33. The number of benzene rings is 1. The maximum atomic E-state index is 13.3. The van der Waals surface area contributed by atoms with E-state index in [-0.39, 0.29) is 5.69 Å². The van der Waals surface area contributed by atoms with Crippen LogP contribution in [0.15, 0.2) is 54.7 Å². The van der Waals surface area contributed by atoms with E-state index in [0.717, 1.165) is 0 Å². The molecule has 0 aliphatic carbocycles. The van der Waals surface area contributed by atoms with Crippen molar-refractivity contribution in [2.45, 2.75) is 0 Å². The number of hydrogen-bond acceptors (Lipinski definition) is 3. The minimum Gasteiger partial charge on any atom is -0.477 e. The minimum absolute atomic E-state index is 0.0544. The predicted molar refractivity (Wildman–Crippen MR) is 73.7 cm³/mol. The van der Waals surface area contributed by atoms with Crippen molar-refractivity contribution in [3.05, 3.63) is 66.2 Å². The van der Waals surface area contributed by atoms with Gasteiger partial charge in [-0.15, -0.1) is 0 Å². The van der Waals surface area contributed by atoms with E-state index in [9.17, 15) is 14.3 Å². The van der Waals surface area contributed by atoms with E-state index < -0.39 is 11.8 Å². The van der Waals surface area contributed by atoms with Gasteiger partial charge in [-0.05, 0) is 30.3 Å². The highest BCUT2D eigenvalue weighted by atomic mass is 19.1. The van der Waals surface area contributed by atoms with Crippen molar-refractivity contribution in [1.82, 2.24) is 14.8 Å². The van der Waals surface area contributed by atoms with Gasteiger partial charge in [-0.25, -0.2) is 13.9 Å². The smallest absolute Gasteiger partial charge is 0.354 e. The van der Waals surface area contributed by atoms with Crippen LogP contribution < -0.4 is 0 Å². The third kappa shape index (κ3) is 2.51. The summed E-state index contributed by atoms with van der Waals surface area (Å²) in [6.45, 7) is 0. The van der Waals surface area contributed by atoms with E-state index in [1.165, 1.54) is 28.9 Å². The molecule has 6 heteroatoms. The average molecular weight is 283 g/mol. The Balaban J connectivity index is 2.16. The van der Waals surface area contributed by atoms with Crippen molar-refractivity contribution in [1.29, 1.82) is 0 Å². The van der Waals surface area contributed by atoms with E-state index in [0.29, 0.717) is 17.1 Å². The van der Waals surface area contributed by atoms with Crippen molar-refractivity contribution in [3.63, 3.8) is 0 Å². The predicted octanol–water partition coefficient (Wildman–Crippen LogP) is 2.77. The van der Waals surface area contributed by atoms with E-state index >= 15 is 0 Å². The van der Waals surface area contributed by atoms with E-state index in [2.05, 4.69) is 10.1 Å². The van der Waals surface area contributed by atoms with Gasteiger partial charge in [0.2, 0.25) is 0 Å². The Hall–Kier alpha value is -3.02. The first-order chi connectivity index (χ1) is 10.1. The molecule has 0 bridgehead atoms. The molecule has 1 N–H and O–H groups in total. The summed E-state index contributed by atoms with van der Waals surface area (Å²) in [6.07, 6.45) is 1.59. The van der Waals surface area contributed by atoms with Gasteiger partial charge in [0.25, 0.3) is 0 Å². The molecule has 0 atom stereocenters. The molecule has 1 aromatic carbocycles. The van der Waals surface area contributed by atoms with Gasteiger partial charge in [-0.2, -0.15) is 5.10 Å². The maximum Gasteiger partial charge on any atom is 0.354 e. The maximum absolute atomic E-state index is 13.3. The molecule has 3 rings (SSSR count). The lowest BCUT2D eigenvalue weighted by Crippen LogP contribution is -2.07. The number of halogens is 1. The molecule has 104 valence electrons. The molecule has 5 nitrogen and oxygen atoms in total. The Labute approximate surface area is 119 Å². The van der Waals surface area contributed by atoms with E-state index in [4.69, 9.17) is 0 Å². The van der Waals surface area contributed by atoms with Gasteiger partial charge in [0.1, 0.15) is 11.5 Å². The summed E-state index contributed by atoms with van der Waals surface area (Å²) in [5, 5.41) is 13.5. The summed E-state index contributed by atoms with van der Waals surface area (Å²) in [7, 11) is 0. The van der Waals surface area contributed by atoms with Gasteiger partial charge in [0.15, 0.2) is 5.69 Å². The van der Waals surface area contributed by atoms with Crippen LogP contribution in [0.5, 0.6) is 0 Å². The molecule has 0 fully saturated rings. The fraction of sp³-hybridized carbons (Fsp3) is 0. The molecule has 0 radical (unpaired) electrons. The number of rotatable bonds is 3. The Kier molecular flexibility index (Phi) is 3.19. The second-order valence-electron chi connectivity index (χ2n) is 4.33. The van der Waals surface area contributed by atoms with E-state index in [1.54, 1.807) is 30.5 Å². The highest BCUT2D eigenvalue weighted by molar-refractivity contribution is 5.88. The van der Waals surface area contributed by atoms with Crippen molar-refractivity contribution in [3.8, 4) is 17.1 Å². The van der Waals surface area contributed by atoms with Crippen molar-refractivity contribution in [2.24, 2.45) is 0 Å². The van der Waals surface area contributed by atoms with Crippen LogP contribution in [-0.4, -0.2) is 25.8 Å². The highest BCUT2D eigenvalue weighted by Gasteiger charge is 2.17. The lowest BCUT2D eigenvalue weighted by Gasteiger charge is -2.04. The van der Waals surface area contributed by atoms with Crippen LogP contribution in [0.1, 0.15) is 10.5 Å². The van der Waals surface area contributed by atoms with Crippen LogP contribution in [0.2, 0.25) is 0 Å². The first kappa shape index (κ1) is 13.0. The quantitative estimate of drug-likeness (QED) is 0.802. The van der Waals surface area contributed by atoms with Gasteiger partial charge in [-0.1, -0.05) is 12.1 Å². The number of hydrogen-bond donors (Lipinski definition) is 1. The molecule has 0 amide bonds. The lowest BCUT2D eigenvalue weighted by atomic mass is 10.2. The summed E-state index contributed by atoms with van der Waals surface area (Å²) in [5.74, 6) is -1.60. The third-order valence-electron chi connectivity index (χ3n) is 2.91. The zero-order chi connectivity index (χ0) is 14.8. The number of nitrogens with zero attached hydrogens (tertiary/aromatic N) is 3. The minimum atomic E-state index is -1.14. The molecule has 0 aliphatic heterocycles. The summed E-state index contributed by atoms with van der Waals surface area (Å²) < 4.78 is 14.5. The molecular weight excluding hydrogens is 273 g/mol. The molecule has 0 aliphatic rings. The van der Waals surface area contributed by atoms with E-state index in [1.807, 2.05) is 0 Å². The molecule has 2 heterocycles. The van der Waals surface area contributed by atoms with Crippen LogP contribution in [0.3, 0.4) is 0 Å². The molecular formula is C15H10FN3O2. The number of aromatic nitrogens is 3. The van der Waals surface area contributed by atoms with Crippen LogP contribution in [0.25, 0.3) is 17.1 Å². The topological polar surface area (TPSA) is 68.0 Å². The number of pyridine rings is 1. The van der Waals surface area contributed by atoms with Crippen LogP contribution >= 0.6 is 0 Å². The molecule has 21 heavy (non-hydrogen) atoms. The monoisotopic (exact) mass is 283 g/mol. The van der Waals surface area contributed by atoms with Gasteiger partial charge < -0.3 is 5.11 Å². The highest BCUT2D eigenvalue weighted by Crippen LogP contribution is 2.20. The molecule has 2 aromatic heterocycles. The number of aromatic carboxylic acids is 1.